The minimum absolute atomic E-state index is 0.0203. The van der Waals surface area contributed by atoms with E-state index in [1.54, 1.807) is 19.2 Å². The number of carbonyl (C=O) groups is 2. The van der Waals surface area contributed by atoms with Crippen LogP contribution in [-0.2, 0) is 19.1 Å². The molecule has 1 aliphatic carbocycles. The number of nitrogens with zero attached hydrogens (tertiary/aromatic N) is 3. The van der Waals surface area contributed by atoms with Gasteiger partial charge in [-0.2, -0.15) is 0 Å². The van der Waals surface area contributed by atoms with Crippen molar-refractivity contribution in [3.8, 4) is 11.5 Å². The molecule has 0 fully saturated rings. The van der Waals surface area contributed by atoms with Gasteiger partial charge >= 0.3 is 0 Å². The number of aromatic nitrogens is 2. The van der Waals surface area contributed by atoms with Crippen molar-refractivity contribution < 1.29 is 28.5 Å². The summed E-state index contributed by atoms with van der Waals surface area (Å²) in [6.45, 7) is 3.22. The second-order valence-electron chi connectivity index (χ2n) is 7.69. The first-order chi connectivity index (χ1) is 15.8. The van der Waals surface area contributed by atoms with Gasteiger partial charge < -0.3 is 29.2 Å². The second kappa shape index (κ2) is 10.9. The fraction of sp³-hybridized carbons (Fsp3) is 0.391. The smallest absolute Gasteiger partial charge is 0.222 e. The summed E-state index contributed by atoms with van der Waals surface area (Å²) in [6, 6.07) is 3.43. The number of carbonyl (C=O) groups excluding carboxylic acids is 2. The molecular formula is C23H28N4O6. The Labute approximate surface area is 192 Å². The number of hydrogen-bond acceptors (Lipinski definition) is 10. The standard InChI is InChI=1S/C23H28N4O6/c1-14(12-27(2)3)33-20-11-18(28)17(9-19(20)29)26-23-15-8-21(31-5)22(32-7-6-30-4)10-16(15)24-13-25-23/h8-11,13-14H,6-7,12H2,1-5H3,(H,24,25,26). The van der Waals surface area contributed by atoms with Gasteiger partial charge in [0.25, 0.3) is 0 Å². The van der Waals surface area contributed by atoms with Gasteiger partial charge in [0.2, 0.25) is 11.6 Å². The Morgan fingerprint density at radius 1 is 1.03 bits per heavy atom. The summed E-state index contributed by atoms with van der Waals surface area (Å²) in [4.78, 5) is 35.7. The van der Waals surface area contributed by atoms with E-state index in [2.05, 4.69) is 15.3 Å². The molecule has 0 spiro atoms. The van der Waals surface area contributed by atoms with E-state index in [-0.39, 0.29) is 23.3 Å². The molecule has 0 aliphatic heterocycles. The number of ether oxygens (including phenoxy) is 4. The zero-order valence-corrected chi connectivity index (χ0v) is 19.4. The molecule has 2 aromatic rings. The number of allylic oxidation sites excluding steroid dienone is 2. The summed E-state index contributed by atoms with van der Waals surface area (Å²) in [7, 11) is 6.92. The van der Waals surface area contributed by atoms with Gasteiger partial charge in [0, 0.05) is 37.3 Å². The molecule has 0 radical (unpaired) electrons. The van der Waals surface area contributed by atoms with E-state index in [9.17, 15) is 9.59 Å². The normalized spacial score (nSPS) is 14.7. The molecule has 1 heterocycles. The van der Waals surface area contributed by atoms with Gasteiger partial charge in [0.05, 0.1) is 24.9 Å². The van der Waals surface area contributed by atoms with Gasteiger partial charge in [-0.05, 0) is 27.1 Å². The van der Waals surface area contributed by atoms with E-state index in [0.29, 0.717) is 48.0 Å². The zero-order valence-electron chi connectivity index (χ0n) is 19.4. The molecule has 1 N–H and O–H groups in total. The van der Waals surface area contributed by atoms with Crippen LogP contribution < -0.4 is 14.8 Å². The Bertz CT molecular complexity index is 1100. The Balaban J connectivity index is 1.82. The summed E-state index contributed by atoms with van der Waals surface area (Å²) < 4.78 is 21.8. The van der Waals surface area contributed by atoms with Gasteiger partial charge in [-0.1, -0.05) is 0 Å². The number of benzene rings is 1. The van der Waals surface area contributed by atoms with Crippen molar-refractivity contribution in [3.05, 3.63) is 42.1 Å². The van der Waals surface area contributed by atoms with Gasteiger partial charge in [-0.3, -0.25) is 9.59 Å². The number of nitrogens with one attached hydrogen (secondary N) is 1. The van der Waals surface area contributed by atoms with Crippen molar-refractivity contribution in [2.45, 2.75) is 13.0 Å². The highest BCUT2D eigenvalue weighted by molar-refractivity contribution is 6.20. The molecular weight excluding hydrogens is 428 g/mol. The first-order valence-electron chi connectivity index (χ1n) is 10.4. The van der Waals surface area contributed by atoms with Crippen LogP contribution in [0.4, 0.5) is 5.82 Å². The largest absolute Gasteiger partial charge is 0.493 e. The van der Waals surface area contributed by atoms with Gasteiger partial charge in [-0.25, -0.2) is 9.97 Å². The van der Waals surface area contributed by atoms with Crippen LogP contribution in [0.3, 0.4) is 0 Å². The van der Waals surface area contributed by atoms with Crippen LogP contribution in [0.25, 0.3) is 10.9 Å². The quantitative estimate of drug-likeness (QED) is 0.398. The predicted octanol–water partition coefficient (Wildman–Crippen LogP) is 1.96. The SMILES string of the molecule is COCCOc1cc2ncnc(NC3=CC(=O)C(OC(C)CN(C)C)=CC3=O)c2cc1OC. The molecule has 1 unspecified atom stereocenters. The van der Waals surface area contributed by atoms with Crippen molar-refractivity contribution in [2.75, 3.05) is 53.4 Å². The monoisotopic (exact) mass is 456 g/mol. The molecule has 33 heavy (non-hydrogen) atoms. The van der Waals surface area contributed by atoms with E-state index in [1.807, 2.05) is 25.9 Å². The van der Waals surface area contributed by atoms with Gasteiger partial charge in [0.1, 0.15) is 24.9 Å². The molecule has 0 bridgehead atoms. The highest BCUT2D eigenvalue weighted by Gasteiger charge is 2.24. The number of ketones is 2. The number of rotatable bonds is 11. The highest BCUT2D eigenvalue weighted by Crippen LogP contribution is 2.34. The molecule has 10 heteroatoms. The Morgan fingerprint density at radius 3 is 2.52 bits per heavy atom. The summed E-state index contributed by atoms with van der Waals surface area (Å²) in [5.41, 5.74) is 0.667. The van der Waals surface area contributed by atoms with Crippen LogP contribution in [0, 0.1) is 0 Å². The molecule has 3 rings (SSSR count). The number of fused-ring (bicyclic) bond motifs is 1. The van der Waals surface area contributed by atoms with Crippen molar-refractivity contribution >= 4 is 28.3 Å². The Morgan fingerprint density at radius 2 is 1.82 bits per heavy atom. The lowest BCUT2D eigenvalue weighted by Gasteiger charge is -2.21. The van der Waals surface area contributed by atoms with E-state index < -0.39 is 5.78 Å². The number of methoxy groups -OCH3 is 2. The molecule has 1 aromatic heterocycles. The summed E-state index contributed by atoms with van der Waals surface area (Å²) in [5.74, 6) is 0.570. The predicted molar refractivity (Wildman–Crippen MR) is 122 cm³/mol. The minimum atomic E-state index is -0.396. The Hall–Kier alpha value is -3.50. The van der Waals surface area contributed by atoms with E-state index in [4.69, 9.17) is 18.9 Å². The van der Waals surface area contributed by atoms with E-state index in [0.717, 1.165) is 0 Å². The number of hydrogen-bond donors (Lipinski definition) is 1. The Kier molecular flexibility index (Phi) is 7.96. The van der Waals surface area contributed by atoms with Crippen LogP contribution in [0.2, 0.25) is 0 Å². The van der Waals surface area contributed by atoms with Crippen molar-refractivity contribution in [1.82, 2.24) is 14.9 Å². The lowest BCUT2D eigenvalue weighted by Crippen LogP contribution is -2.28. The lowest BCUT2D eigenvalue weighted by atomic mass is 10.1. The summed E-state index contributed by atoms with van der Waals surface area (Å²) in [5, 5.41) is 3.55. The van der Waals surface area contributed by atoms with Gasteiger partial charge in [0.15, 0.2) is 17.3 Å². The maximum absolute atomic E-state index is 12.7. The average Bonchev–Trinajstić information content (AvgIpc) is 2.76. The van der Waals surface area contributed by atoms with Crippen molar-refractivity contribution in [2.24, 2.45) is 0 Å². The molecule has 1 atom stereocenters. The first-order valence-corrected chi connectivity index (χ1v) is 10.4. The third-order valence-electron chi connectivity index (χ3n) is 4.72. The molecule has 176 valence electrons. The average molecular weight is 456 g/mol. The second-order valence-corrected chi connectivity index (χ2v) is 7.69. The zero-order chi connectivity index (χ0) is 24.0. The van der Waals surface area contributed by atoms with E-state index >= 15 is 0 Å². The summed E-state index contributed by atoms with van der Waals surface area (Å²) in [6.07, 6.45) is 3.53. The van der Waals surface area contributed by atoms with Gasteiger partial charge in [-0.15, -0.1) is 0 Å². The first kappa shape index (κ1) is 24.1. The third kappa shape index (κ3) is 6.05. The van der Waals surface area contributed by atoms with E-state index in [1.165, 1.54) is 25.6 Å². The molecule has 1 aliphatic rings. The minimum Gasteiger partial charge on any atom is -0.493 e. The molecule has 0 amide bonds. The van der Waals surface area contributed by atoms with Crippen LogP contribution in [0.15, 0.2) is 42.1 Å². The molecule has 10 nitrogen and oxygen atoms in total. The summed E-state index contributed by atoms with van der Waals surface area (Å²) >= 11 is 0. The fourth-order valence-corrected chi connectivity index (χ4v) is 3.30. The number of likely N-dealkylation sites (N-methyl/N-ethyl adjacent to an activating group) is 1. The lowest BCUT2D eigenvalue weighted by molar-refractivity contribution is -0.118. The molecule has 0 saturated heterocycles. The maximum atomic E-state index is 12.7. The van der Waals surface area contributed by atoms with Crippen LogP contribution in [0.1, 0.15) is 6.92 Å². The van der Waals surface area contributed by atoms with Crippen LogP contribution in [0.5, 0.6) is 11.5 Å². The number of anilines is 1. The van der Waals surface area contributed by atoms with Crippen molar-refractivity contribution in [1.29, 1.82) is 0 Å². The molecule has 1 aromatic carbocycles. The van der Waals surface area contributed by atoms with Crippen molar-refractivity contribution in [3.63, 3.8) is 0 Å². The van der Waals surface area contributed by atoms with Crippen LogP contribution >= 0.6 is 0 Å². The molecule has 0 saturated carbocycles. The van der Waals surface area contributed by atoms with Crippen LogP contribution in [-0.4, -0.2) is 80.6 Å². The topological polar surface area (TPSA) is 112 Å². The fourth-order valence-electron chi connectivity index (χ4n) is 3.30. The maximum Gasteiger partial charge on any atom is 0.222 e. The third-order valence-corrected chi connectivity index (χ3v) is 4.72. The highest BCUT2D eigenvalue weighted by atomic mass is 16.5.